The number of hydrogen-bond acceptors (Lipinski definition) is 6. The van der Waals surface area contributed by atoms with Crippen LogP contribution in [0.3, 0.4) is 0 Å². The zero-order chi connectivity index (χ0) is 20.5. The first kappa shape index (κ1) is 21.1. The molecule has 0 aliphatic carbocycles. The smallest absolute Gasteiger partial charge is 0.262 e. The summed E-state index contributed by atoms with van der Waals surface area (Å²) in [5.74, 6) is 1.85. The van der Waals surface area contributed by atoms with Crippen LogP contribution in [-0.4, -0.2) is 38.5 Å². The van der Waals surface area contributed by atoms with Gasteiger partial charge in [0.05, 0.1) is 26.5 Å². The molecule has 0 aromatic heterocycles. The van der Waals surface area contributed by atoms with Crippen LogP contribution in [0.25, 0.3) is 0 Å². The Morgan fingerprint density at radius 1 is 1.07 bits per heavy atom. The molecule has 0 aliphatic rings. The van der Waals surface area contributed by atoms with Gasteiger partial charge in [0.15, 0.2) is 0 Å². The van der Waals surface area contributed by atoms with E-state index >= 15 is 0 Å². The van der Waals surface area contributed by atoms with Gasteiger partial charge < -0.3 is 19.5 Å². The number of hydrazone groups is 1. The van der Waals surface area contributed by atoms with E-state index < -0.39 is 6.04 Å². The Morgan fingerprint density at radius 3 is 2.36 bits per heavy atom. The molecule has 0 radical (unpaired) electrons. The van der Waals surface area contributed by atoms with E-state index in [0.29, 0.717) is 23.8 Å². The second kappa shape index (κ2) is 10.2. The molecule has 150 valence electrons. The molecular formula is C21H27N3O4. The van der Waals surface area contributed by atoms with Gasteiger partial charge in [-0.05, 0) is 57.2 Å². The largest absolute Gasteiger partial charge is 0.497 e. The molecule has 0 spiro atoms. The summed E-state index contributed by atoms with van der Waals surface area (Å²) in [5, 5.41) is 7.33. The standard InChI is InChI=1S/C21H27N3O4/c1-6-28-17-9-7-16(8-10-17)22-15(3)21(25)24-23-14(2)19-12-11-18(26-4)13-20(19)27-5/h7-13,15,22H,6H2,1-5H3,(H,24,25)/b23-14+/t15-/m0/s1. The van der Waals surface area contributed by atoms with Crippen molar-refractivity contribution < 1.29 is 19.0 Å². The number of benzene rings is 2. The van der Waals surface area contributed by atoms with Gasteiger partial charge in [-0.1, -0.05) is 0 Å². The van der Waals surface area contributed by atoms with Crippen molar-refractivity contribution in [3.8, 4) is 17.2 Å². The van der Waals surface area contributed by atoms with Crippen molar-refractivity contribution in [1.82, 2.24) is 5.43 Å². The third-order valence-corrected chi connectivity index (χ3v) is 4.07. The molecule has 0 fully saturated rings. The Balaban J connectivity index is 1.99. The molecule has 7 nitrogen and oxygen atoms in total. The summed E-state index contributed by atoms with van der Waals surface area (Å²) in [7, 11) is 3.17. The normalized spacial score (nSPS) is 12.1. The fraction of sp³-hybridized carbons (Fsp3) is 0.333. The number of amides is 1. The first-order chi connectivity index (χ1) is 13.5. The second-order valence-electron chi connectivity index (χ2n) is 6.06. The van der Waals surface area contributed by atoms with Gasteiger partial charge in [0.25, 0.3) is 5.91 Å². The van der Waals surface area contributed by atoms with E-state index in [1.165, 1.54) is 0 Å². The molecule has 2 aromatic carbocycles. The average Bonchev–Trinajstić information content (AvgIpc) is 2.72. The van der Waals surface area contributed by atoms with E-state index in [4.69, 9.17) is 14.2 Å². The molecule has 0 unspecified atom stereocenters. The van der Waals surface area contributed by atoms with E-state index in [1.54, 1.807) is 34.1 Å². The lowest BCUT2D eigenvalue weighted by Gasteiger charge is -2.15. The molecule has 0 bridgehead atoms. The second-order valence-corrected chi connectivity index (χ2v) is 6.06. The predicted octanol–water partition coefficient (Wildman–Crippen LogP) is 3.44. The number of rotatable bonds is 9. The number of hydrogen-bond donors (Lipinski definition) is 2. The summed E-state index contributed by atoms with van der Waals surface area (Å²) < 4.78 is 16.0. The average molecular weight is 385 g/mol. The highest BCUT2D eigenvalue weighted by atomic mass is 16.5. The van der Waals surface area contributed by atoms with Crippen LogP contribution in [0.5, 0.6) is 17.2 Å². The van der Waals surface area contributed by atoms with Gasteiger partial charge in [0.2, 0.25) is 0 Å². The SMILES string of the molecule is CCOc1ccc(N[C@@H](C)C(=O)N/N=C(\C)c2ccc(OC)cc2OC)cc1. The van der Waals surface area contributed by atoms with Gasteiger partial charge in [-0.2, -0.15) is 5.10 Å². The molecule has 0 saturated heterocycles. The molecule has 1 atom stereocenters. The first-order valence-electron chi connectivity index (χ1n) is 9.04. The van der Waals surface area contributed by atoms with Gasteiger partial charge in [-0.25, -0.2) is 5.43 Å². The van der Waals surface area contributed by atoms with Crippen molar-refractivity contribution in [3.05, 3.63) is 48.0 Å². The Morgan fingerprint density at radius 2 is 1.75 bits per heavy atom. The molecule has 2 rings (SSSR count). The lowest BCUT2D eigenvalue weighted by atomic mass is 10.1. The van der Waals surface area contributed by atoms with E-state index in [1.807, 2.05) is 43.3 Å². The van der Waals surface area contributed by atoms with Crippen LogP contribution >= 0.6 is 0 Å². The summed E-state index contributed by atoms with van der Waals surface area (Å²) in [6.07, 6.45) is 0. The van der Waals surface area contributed by atoms with E-state index in [9.17, 15) is 4.79 Å². The topological polar surface area (TPSA) is 81.2 Å². The van der Waals surface area contributed by atoms with Crippen LogP contribution in [0.2, 0.25) is 0 Å². The number of nitrogens with one attached hydrogen (secondary N) is 2. The highest BCUT2D eigenvalue weighted by molar-refractivity contribution is 6.02. The Labute approximate surface area is 165 Å². The van der Waals surface area contributed by atoms with Crippen molar-refractivity contribution in [2.45, 2.75) is 26.8 Å². The van der Waals surface area contributed by atoms with Crippen LogP contribution in [-0.2, 0) is 4.79 Å². The van der Waals surface area contributed by atoms with Crippen LogP contribution in [0, 0.1) is 0 Å². The molecule has 2 N–H and O–H groups in total. The molecule has 0 heterocycles. The first-order valence-corrected chi connectivity index (χ1v) is 9.04. The Kier molecular flexibility index (Phi) is 7.68. The molecular weight excluding hydrogens is 358 g/mol. The number of ether oxygens (including phenoxy) is 3. The lowest BCUT2D eigenvalue weighted by molar-refractivity contribution is -0.121. The number of carbonyl (C=O) groups is 1. The maximum atomic E-state index is 12.4. The molecule has 2 aromatic rings. The fourth-order valence-corrected chi connectivity index (χ4v) is 2.52. The quantitative estimate of drug-likeness (QED) is 0.510. The lowest BCUT2D eigenvalue weighted by Crippen LogP contribution is -2.35. The summed E-state index contributed by atoms with van der Waals surface area (Å²) >= 11 is 0. The zero-order valence-corrected chi connectivity index (χ0v) is 16.9. The highest BCUT2D eigenvalue weighted by Crippen LogP contribution is 2.25. The number of carbonyl (C=O) groups excluding carboxylic acids is 1. The van der Waals surface area contributed by atoms with Gasteiger partial charge in [-0.15, -0.1) is 0 Å². The minimum absolute atomic E-state index is 0.249. The van der Waals surface area contributed by atoms with Crippen LogP contribution in [0.15, 0.2) is 47.6 Å². The van der Waals surface area contributed by atoms with Gasteiger partial charge >= 0.3 is 0 Å². The van der Waals surface area contributed by atoms with Crippen LogP contribution in [0.4, 0.5) is 5.69 Å². The van der Waals surface area contributed by atoms with Crippen molar-refractivity contribution in [1.29, 1.82) is 0 Å². The van der Waals surface area contributed by atoms with E-state index in [0.717, 1.165) is 17.0 Å². The number of anilines is 1. The summed E-state index contributed by atoms with van der Waals surface area (Å²) in [4.78, 5) is 12.4. The summed E-state index contributed by atoms with van der Waals surface area (Å²) in [6, 6.07) is 12.4. The maximum Gasteiger partial charge on any atom is 0.262 e. The monoisotopic (exact) mass is 385 g/mol. The maximum absolute atomic E-state index is 12.4. The van der Waals surface area contributed by atoms with Crippen LogP contribution < -0.4 is 25.0 Å². The molecule has 28 heavy (non-hydrogen) atoms. The molecule has 1 amide bonds. The van der Waals surface area contributed by atoms with Crippen molar-refractivity contribution in [3.63, 3.8) is 0 Å². The number of methoxy groups -OCH3 is 2. The van der Waals surface area contributed by atoms with E-state index in [2.05, 4.69) is 15.8 Å². The minimum Gasteiger partial charge on any atom is -0.497 e. The predicted molar refractivity (Wildman–Crippen MR) is 111 cm³/mol. The third-order valence-electron chi connectivity index (χ3n) is 4.07. The third kappa shape index (κ3) is 5.64. The fourth-order valence-electron chi connectivity index (χ4n) is 2.52. The number of nitrogens with zero attached hydrogens (tertiary/aromatic N) is 1. The van der Waals surface area contributed by atoms with Gasteiger partial charge in [0.1, 0.15) is 23.3 Å². The van der Waals surface area contributed by atoms with Crippen LogP contribution in [0.1, 0.15) is 26.3 Å². The summed E-state index contributed by atoms with van der Waals surface area (Å²) in [6.45, 7) is 6.12. The zero-order valence-electron chi connectivity index (χ0n) is 16.9. The molecule has 7 heteroatoms. The van der Waals surface area contributed by atoms with Crippen molar-refractivity contribution in [2.75, 3.05) is 26.1 Å². The molecule has 0 saturated carbocycles. The van der Waals surface area contributed by atoms with E-state index in [-0.39, 0.29) is 5.91 Å². The van der Waals surface area contributed by atoms with Gasteiger partial charge in [-0.3, -0.25) is 4.79 Å². The van der Waals surface area contributed by atoms with Crippen molar-refractivity contribution >= 4 is 17.3 Å². The summed E-state index contributed by atoms with van der Waals surface area (Å²) in [5.41, 5.74) is 4.81. The Hall–Kier alpha value is -3.22. The van der Waals surface area contributed by atoms with Gasteiger partial charge in [0, 0.05) is 17.3 Å². The highest BCUT2D eigenvalue weighted by Gasteiger charge is 2.13. The Bertz CT molecular complexity index is 819. The molecule has 0 aliphatic heterocycles. The van der Waals surface area contributed by atoms with Crippen molar-refractivity contribution in [2.24, 2.45) is 5.10 Å². The minimum atomic E-state index is -0.466.